The molecule has 0 bridgehead atoms. The summed E-state index contributed by atoms with van der Waals surface area (Å²) in [6.07, 6.45) is 1.92. The van der Waals surface area contributed by atoms with Crippen LogP contribution in [0.2, 0.25) is 0 Å². The molecule has 0 radical (unpaired) electrons. The first-order chi connectivity index (χ1) is 10.1. The number of nitrogens with zero attached hydrogens (tertiary/aromatic N) is 1. The fourth-order valence-electron chi connectivity index (χ4n) is 2.35. The number of carbonyl (C=O) groups is 1. The zero-order valence-corrected chi connectivity index (χ0v) is 15.0. The third kappa shape index (κ3) is 4.73. The SMILES string of the molecule is CC[C@@H](C)NC(=O)[C@H](C)N(c1cc(C)cc(C)c1)S(C)(=O)=O. The van der Waals surface area contributed by atoms with Crippen molar-refractivity contribution in [1.82, 2.24) is 5.32 Å². The highest BCUT2D eigenvalue weighted by Gasteiger charge is 2.29. The Morgan fingerprint density at radius 2 is 1.68 bits per heavy atom. The molecule has 1 amide bonds. The van der Waals surface area contributed by atoms with Crippen LogP contribution >= 0.6 is 0 Å². The Kier molecular flexibility index (Phi) is 6.00. The Bertz CT molecular complexity index is 621. The molecule has 0 fully saturated rings. The molecular weight excluding hydrogens is 300 g/mol. The number of amides is 1. The maximum atomic E-state index is 12.3. The summed E-state index contributed by atoms with van der Waals surface area (Å²) in [6, 6.07) is 4.73. The van der Waals surface area contributed by atoms with Gasteiger partial charge in [0.05, 0.1) is 11.9 Å². The van der Waals surface area contributed by atoms with E-state index >= 15 is 0 Å². The van der Waals surface area contributed by atoms with Gasteiger partial charge in [-0.1, -0.05) is 13.0 Å². The van der Waals surface area contributed by atoms with Gasteiger partial charge < -0.3 is 5.32 Å². The van der Waals surface area contributed by atoms with Gasteiger partial charge in [-0.25, -0.2) is 8.42 Å². The Morgan fingerprint density at radius 3 is 2.09 bits per heavy atom. The molecule has 0 aromatic heterocycles. The molecule has 0 aliphatic heterocycles. The first kappa shape index (κ1) is 18.5. The highest BCUT2D eigenvalue weighted by atomic mass is 32.2. The molecule has 1 aromatic rings. The van der Waals surface area contributed by atoms with Crippen molar-refractivity contribution in [2.75, 3.05) is 10.6 Å². The van der Waals surface area contributed by atoms with Crippen LogP contribution in [0.5, 0.6) is 0 Å². The smallest absolute Gasteiger partial charge is 0.243 e. The summed E-state index contributed by atoms with van der Waals surface area (Å²) in [6.45, 7) is 9.28. The van der Waals surface area contributed by atoms with Crippen molar-refractivity contribution in [3.8, 4) is 0 Å². The molecule has 1 rings (SSSR count). The number of rotatable bonds is 6. The number of aryl methyl sites for hydroxylation is 2. The van der Waals surface area contributed by atoms with Crippen molar-refractivity contribution in [3.05, 3.63) is 29.3 Å². The zero-order chi connectivity index (χ0) is 17.1. The molecule has 1 N–H and O–H groups in total. The number of nitrogens with one attached hydrogen (secondary N) is 1. The van der Waals surface area contributed by atoms with Gasteiger partial charge in [-0.2, -0.15) is 0 Å². The van der Waals surface area contributed by atoms with E-state index in [9.17, 15) is 13.2 Å². The van der Waals surface area contributed by atoms with Crippen LogP contribution < -0.4 is 9.62 Å². The van der Waals surface area contributed by atoms with Crippen molar-refractivity contribution in [2.24, 2.45) is 0 Å². The van der Waals surface area contributed by atoms with Crippen molar-refractivity contribution < 1.29 is 13.2 Å². The molecule has 2 atom stereocenters. The van der Waals surface area contributed by atoms with E-state index in [1.165, 1.54) is 4.31 Å². The maximum Gasteiger partial charge on any atom is 0.243 e. The van der Waals surface area contributed by atoms with Gasteiger partial charge in [-0.05, 0) is 57.4 Å². The van der Waals surface area contributed by atoms with Crippen LogP contribution in [0.25, 0.3) is 0 Å². The van der Waals surface area contributed by atoms with Gasteiger partial charge >= 0.3 is 0 Å². The lowest BCUT2D eigenvalue weighted by molar-refractivity contribution is -0.122. The number of carbonyl (C=O) groups excluding carboxylic acids is 1. The predicted molar refractivity (Wildman–Crippen MR) is 90.6 cm³/mol. The first-order valence-electron chi connectivity index (χ1n) is 7.44. The van der Waals surface area contributed by atoms with E-state index < -0.39 is 16.1 Å². The van der Waals surface area contributed by atoms with E-state index in [4.69, 9.17) is 0 Å². The molecule has 0 saturated carbocycles. The summed E-state index contributed by atoms with van der Waals surface area (Å²) < 4.78 is 25.6. The predicted octanol–water partition coefficient (Wildman–Crippen LogP) is 2.37. The summed E-state index contributed by atoms with van der Waals surface area (Å²) >= 11 is 0. The summed E-state index contributed by atoms with van der Waals surface area (Å²) in [5.41, 5.74) is 2.43. The van der Waals surface area contributed by atoms with Crippen molar-refractivity contribution in [3.63, 3.8) is 0 Å². The van der Waals surface area contributed by atoms with Gasteiger partial charge in [-0.15, -0.1) is 0 Å². The second-order valence-electron chi connectivity index (χ2n) is 5.90. The van der Waals surface area contributed by atoms with Gasteiger partial charge in [0.2, 0.25) is 15.9 Å². The Hall–Kier alpha value is -1.56. The standard InChI is InChI=1S/C16H26N2O3S/c1-7-13(4)17-16(19)14(5)18(22(6,20)21)15-9-11(2)8-12(3)10-15/h8-10,13-14H,7H2,1-6H3,(H,17,19)/t13-,14+/m1/s1. The zero-order valence-electron chi connectivity index (χ0n) is 14.2. The van der Waals surface area contributed by atoms with Crippen LogP contribution in [0, 0.1) is 13.8 Å². The molecule has 0 aliphatic carbocycles. The third-order valence-corrected chi connectivity index (χ3v) is 4.79. The van der Waals surface area contributed by atoms with Crippen molar-refractivity contribution >= 4 is 21.6 Å². The molecule has 6 heteroatoms. The maximum absolute atomic E-state index is 12.3. The van der Waals surface area contributed by atoms with Gasteiger partial charge in [0.25, 0.3) is 0 Å². The van der Waals surface area contributed by atoms with Crippen LogP contribution in [0.15, 0.2) is 18.2 Å². The molecule has 22 heavy (non-hydrogen) atoms. The van der Waals surface area contributed by atoms with E-state index in [1.54, 1.807) is 19.1 Å². The van der Waals surface area contributed by atoms with Crippen LogP contribution in [-0.2, 0) is 14.8 Å². The van der Waals surface area contributed by atoms with Gasteiger partial charge in [-0.3, -0.25) is 9.10 Å². The number of hydrogen-bond donors (Lipinski definition) is 1. The van der Waals surface area contributed by atoms with E-state index in [-0.39, 0.29) is 11.9 Å². The average Bonchev–Trinajstić information content (AvgIpc) is 2.35. The van der Waals surface area contributed by atoms with Gasteiger partial charge in [0, 0.05) is 6.04 Å². The average molecular weight is 326 g/mol. The quantitative estimate of drug-likeness (QED) is 0.873. The lowest BCUT2D eigenvalue weighted by Gasteiger charge is -2.29. The number of hydrogen-bond acceptors (Lipinski definition) is 3. The minimum atomic E-state index is -3.57. The molecule has 5 nitrogen and oxygen atoms in total. The monoisotopic (exact) mass is 326 g/mol. The highest BCUT2D eigenvalue weighted by molar-refractivity contribution is 7.92. The van der Waals surface area contributed by atoms with Crippen LogP contribution in [0.1, 0.15) is 38.3 Å². The highest BCUT2D eigenvalue weighted by Crippen LogP contribution is 2.23. The Morgan fingerprint density at radius 1 is 1.18 bits per heavy atom. The lowest BCUT2D eigenvalue weighted by atomic mass is 10.1. The normalized spacial score (nSPS) is 14.3. The van der Waals surface area contributed by atoms with Gasteiger partial charge in [0.15, 0.2) is 0 Å². The number of benzene rings is 1. The van der Waals surface area contributed by atoms with E-state index in [0.29, 0.717) is 5.69 Å². The molecule has 124 valence electrons. The second kappa shape index (κ2) is 7.13. The fraction of sp³-hybridized carbons (Fsp3) is 0.562. The van der Waals surface area contributed by atoms with Crippen LogP contribution in [-0.4, -0.2) is 32.7 Å². The van der Waals surface area contributed by atoms with Crippen molar-refractivity contribution in [1.29, 1.82) is 0 Å². The molecule has 0 unspecified atom stereocenters. The molecule has 0 spiro atoms. The topological polar surface area (TPSA) is 66.5 Å². The minimum absolute atomic E-state index is 0.00982. The Balaban J connectivity index is 3.22. The second-order valence-corrected chi connectivity index (χ2v) is 7.76. The Labute approximate surface area is 133 Å². The number of anilines is 1. The van der Waals surface area contributed by atoms with Crippen LogP contribution in [0.4, 0.5) is 5.69 Å². The molecule has 0 saturated heterocycles. The fourth-order valence-corrected chi connectivity index (χ4v) is 3.51. The summed E-state index contributed by atoms with van der Waals surface area (Å²) in [7, 11) is -3.57. The minimum Gasteiger partial charge on any atom is -0.352 e. The summed E-state index contributed by atoms with van der Waals surface area (Å²) in [5, 5.41) is 2.84. The van der Waals surface area contributed by atoms with E-state index in [1.807, 2.05) is 33.8 Å². The third-order valence-electron chi connectivity index (χ3n) is 3.55. The summed E-state index contributed by atoms with van der Waals surface area (Å²) in [4.78, 5) is 12.3. The lowest BCUT2D eigenvalue weighted by Crippen LogP contribution is -2.49. The number of sulfonamides is 1. The van der Waals surface area contributed by atoms with E-state index in [2.05, 4.69) is 5.32 Å². The van der Waals surface area contributed by atoms with Gasteiger partial charge in [0.1, 0.15) is 6.04 Å². The van der Waals surface area contributed by atoms with Crippen LogP contribution in [0.3, 0.4) is 0 Å². The molecule has 0 heterocycles. The summed E-state index contributed by atoms with van der Waals surface area (Å²) in [5.74, 6) is -0.293. The largest absolute Gasteiger partial charge is 0.352 e. The van der Waals surface area contributed by atoms with E-state index in [0.717, 1.165) is 23.8 Å². The molecular formula is C16H26N2O3S. The molecule has 0 aliphatic rings. The molecule has 1 aromatic carbocycles. The first-order valence-corrected chi connectivity index (χ1v) is 9.29. The van der Waals surface area contributed by atoms with Crippen molar-refractivity contribution in [2.45, 2.75) is 53.1 Å².